The zero-order valence-corrected chi connectivity index (χ0v) is 10.1. The lowest BCUT2D eigenvalue weighted by atomic mass is 10.3. The van der Waals surface area contributed by atoms with Gasteiger partial charge in [0.25, 0.3) is 5.69 Å². The average molecular weight is 274 g/mol. The largest absolute Gasteiger partial charge is 0.382 e. The Kier molecular flexibility index (Phi) is 3.37. The summed E-state index contributed by atoms with van der Waals surface area (Å²) in [5.74, 6) is -0.123. The number of nitro benzene ring substituents is 1. The standard InChI is InChI=1S/C10H10N8O2/c11-8-7(9(12)15-10(13)14-8)17-16-5-2-1-3-6(4-5)18(19)20/h1-4H,(H6,11,12,13,14,15). The van der Waals surface area contributed by atoms with E-state index in [0.717, 1.165) is 0 Å². The van der Waals surface area contributed by atoms with Gasteiger partial charge >= 0.3 is 0 Å². The fourth-order valence-electron chi connectivity index (χ4n) is 1.39. The number of non-ortho nitro benzene ring substituents is 1. The fourth-order valence-corrected chi connectivity index (χ4v) is 1.39. The summed E-state index contributed by atoms with van der Waals surface area (Å²) in [6.07, 6.45) is 0. The number of aromatic nitrogens is 2. The van der Waals surface area contributed by atoms with Crippen molar-refractivity contribution in [1.82, 2.24) is 9.97 Å². The number of nitrogens with two attached hydrogens (primary N) is 3. The minimum Gasteiger partial charge on any atom is -0.382 e. The van der Waals surface area contributed by atoms with Crippen LogP contribution in [0.2, 0.25) is 0 Å². The highest BCUT2D eigenvalue weighted by molar-refractivity contribution is 5.71. The van der Waals surface area contributed by atoms with Crippen LogP contribution < -0.4 is 17.2 Å². The Morgan fingerprint density at radius 3 is 2.35 bits per heavy atom. The van der Waals surface area contributed by atoms with Gasteiger partial charge in [0.2, 0.25) is 5.95 Å². The van der Waals surface area contributed by atoms with Gasteiger partial charge in [-0.3, -0.25) is 10.1 Å². The van der Waals surface area contributed by atoms with Gasteiger partial charge in [-0.2, -0.15) is 15.1 Å². The van der Waals surface area contributed by atoms with Crippen LogP contribution in [0.15, 0.2) is 34.5 Å². The van der Waals surface area contributed by atoms with Crippen molar-refractivity contribution < 1.29 is 4.92 Å². The molecule has 0 fully saturated rings. The molecule has 0 aliphatic heterocycles. The SMILES string of the molecule is Nc1nc(N)c(N=Nc2cccc([N+](=O)[O-])c2)c(N)n1. The van der Waals surface area contributed by atoms with Gasteiger partial charge in [-0.15, -0.1) is 5.11 Å². The first-order valence-electron chi connectivity index (χ1n) is 5.32. The van der Waals surface area contributed by atoms with Gasteiger partial charge in [-0.1, -0.05) is 6.07 Å². The molecule has 6 N–H and O–H groups in total. The van der Waals surface area contributed by atoms with Crippen molar-refractivity contribution >= 4 is 34.6 Å². The Morgan fingerprint density at radius 2 is 1.75 bits per heavy atom. The van der Waals surface area contributed by atoms with Crippen LogP contribution in [-0.2, 0) is 0 Å². The van der Waals surface area contributed by atoms with E-state index in [0.29, 0.717) is 0 Å². The maximum atomic E-state index is 10.6. The molecule has 0 spiro atoms. The Morgan fingerprint density at radius 1 is 1.10 bits per heavy atom. The molecular weight excluding hydrogens is 264 g/mol. The van der Waals surface area contributed by atoms with E-state index < -0.39 is 4.92 Å². The molecule has 0 aliphatic rings. The summed E-state index contributed by atoms with van der Waals surface area (Å²) in [5, 5.41) is 18.2. The highest BCUT2D eigenvalue weighted by Crippen LogP contribution is 2.29. The average Bonchev–Trinajstić information content (AvgIpc) is 2.37. The third kappa shape index (κ3) is 2.75. The molecule has 0 saturated carbocycles. The summed E-state index contributed by atoms with van der Waals surface area (Å²) >= 11 is 0. The molecule has 2 rings (SSSR count). The minimum atomic E-state index is -0.534. The molecule has 2 aromatic rings. The van der Waals surface area contributed by atoms with Crippen molar-refractivity contribution in [3.63, 3.8) is 0 Å². The van der Waals surface area contributed by atoms with E-state index in [1.54, 1.807) is 6.07 Å². The molecule has 0 aliphatic carbocycles. The summed E-state index contributed by atoms with van der Waals surface area (Å²) < 4.78 is 0. The molecule has 0 unspecified atom stereocenters. The summed E-state index contributed by atoms with van der Waals surface area (Å²) in [6, 6.07) is 5.63. The Balaban J connectivity index is 2.35. The second-order valence-electron chi connectivity index (χ2n) is 3.68. The van der Waals surface area contributed by atoms with Gasteiger partial charge in [-0.05, 0) is 6.07 Å². The number of rotatable bonds is 3. The molecule has 10 nitrogen and oxygen atoms in total. The summed E-state index contributed by atoms with van der Waals surface area (Å²) in [5.41, 5.74) is 16.8. The summed E-state index contributed by atoms with van der Waals surface area (Å²) in [6.45, 7) is 0. The van der Waals surface area contributed by atoms with Crippen LogP contribution in [0.25, 0.3) is 0 Å². The monoisotopic (exact) mass is 274 g/mol. The van der Waals surface area contributed by atoms with Gasteiger partial charge in [0, 0.05) is 12.1 Å². The molecule has 0 saturated heterocycles. The molecule has 1 aromatic heterocycles. The Hall–Kier alpha value is -3.30. The number of nitro groups is 1. The lowest BCUT2D eigenvalue weighted by Gasteiger charge is -2.02. The number of benzene rings is 1. The first kappa shape index (κ1) is 13.1. The number of nitrogen functional groups attached to an aromatic ring is 3. The Labute approximate surface area is 112 Å². The maximum Gasteiger partial charge on any atom is 0.271 e. The first-order chi connectivity index (χ1) is 9.47. The van der Waals surface area contributed by atoms with E-state index in [4.69, 9.17) is 17.2 Å². The van der Waals surface area contributed by atoms with Crippen molar-refractivity contribution in [2.24, 2.45) is 10.2 Å². The van der Waals surface area contributed by atoms with Crippen LogP contribution in [0.4, 0.5) is 34.6 Å². The lowest BCUT2D eigenvalue weighted by Crippen LogP contribution is -2.03. The molecule has 1 aromatic carbocycles. The van der Waals surface area contributed by atoms with Crippen LogP contribution in [0.5, 0.6) is 0 Å². The lowest BCUT2D eigenvalue weighted by molar-refractivity contribution is -0.384. The normalized spacial score (nSPS) is 10.8. The maximum absolute atomic E-state index is 10.6. The van der Waals surface area contributed by atoms with Gasteiger partial charge in [0.15, 0.2) is 17.3 Å². The van der Waals surface area contributed by atoms with Gasteiger partial charge in [-0.25, -0.2) is 0 Å². The molecular formula is C10H10N8O2. The molecule has 1 heterocycles. The number of azo groups is 1. The fraction of sp³-hybridized carbons (Fsp3) is 0. The van der Waals surface area contributed by atoms with Crippen molar-refractivity contribution in [3.05, 3.63) is 34.4 Å². The number of nitrogens with zero attached hydrogens (tertiary/aromatic N) is 5. The number of hydrogen-bond acceptors (Lipinski definition) is 9. The van der Waals surface area contributed by atoms with Crippen LogP contribution in [0.3, 0.4) is 0 Å². The molecule has 0 radical (unpaired) electrons. The number of hydrogen-bond donors (Lipinski definition) is 3. The van der Waals surface area contributed by atoms with E-state index in [1.807, 2.05) is 0 Å². The van der Waals surface area contributed by atoms with Crippen LogP contribution in [0.1, 0.15) is 0 Å². The van der Waals surface area contributed by atoms with Crippen LogP contribution >= 0.6 is 0 Å². The van der Waals surface area contributed by atoms with Crippen molar-refractivity contribution in [2.75, 3.05) is 17.2 Å². The second-order valence-corrected chi connectivity index (χ2v) is 3.68. The van der Waals surface area contributed by atoms with E-state index in [9.17, 15) is 10.1 Å². The van der Waals surface area contributed by atoms with Crippen molar-refractivity contribution in [3.8, 4) is 0 Å². The zero-order valence-electron chi connectivity index (χ0n) is 10.1. The molecule has 0 atom stereocenters. The zero-order chi connectivity index (χ0) is 14.7. The molecule has 0 bridgehead atoms. The van der Waals surface area contributed by atoms with E-state index in [1.165, 1.54) is 18.2 Å². The Bertz CT molecular complexity index is 676. The molecule has 20 heavy (non-hydrogen) atoms. The quantitative estimate of drug-likeness (QED) is 0.432. The molecule has 0 amide bonds. The molecule has 10 heteroatoms. The van der Waals surface area contributed by atoms with E-state index in [-0.39, 0.29) is 34.6 Å². The second kappa shape index (κ2) is 5.14. The van der Waals surface area contributed by atoms with Crippen molar-refractivity contribution in [2.45, 2.75) is 0 Å². The van der Waals surface area contributed by atoms with Gasteiger partial charge in [0.1, 0.15) is 0 Å². The topological polar surface area (TPSA) is 172 Å². The van der Waals surface area contributed by atoms with Gasteiger partial charge < -0.3 is 17.2 Å². The smallest absolute Gasteiger partial charge is 0.271 e. The highest BCUT2D eigenvalue weighted by Gasteiger charge is 2.09. The van der Waals surface area contributed by atoms with Gasteiger partial charge in [0.05, 0.1) is 10.6 Å². The van der Waals surface area contributed by atoms with E-state index >= 15 is 0 Å². The summed E-state index contributed by atoms with van der Waals surface area (Å²) in [7, 11) is 0. The molecule has 102 valence electrons. The van der Waals surface area contributed by atoms with E-state index in [2.05, 4.69) is 20.2 Å². The third-order valence-corrected chi connectivity index (χ3v) is 2.26. The predicted octanol–water partition coefficient (Wildman–Crippen LogP) is 1.55. The minimum absolute atomic E-state index is 0.0239. The van der Waals surface area contributed by atoms with Crippen LogP contribution in [0, 0.1) is 10.1 Å². The third-order valence-electron chi connectivity index (χ3n) is 2.26. The summed E-state index contributed by atoms with van der Waals surface area (Å²) in [4.78, 5) is 17.5. The van der Waals surface area contributed by atoms with Crippen molar-refractivity contribution in [1.29, 1.82) is 0 Å². The predicted molar refractivity (Wildman–Crippen MR) is 72.5 cm³/mol. The van der Waals surface area contributed by atoms with Crippen LogP contribution in [-0.4, -0.2) is 14.9 Å². The first-order valence-corrected chi connectivity index (χ1v) is 5.32. The highest BCUT2D eigenvalue weighted by atomic mass is 16.6. The number of anilines is 3.